The van der Waals surface area contributed by atoms with Crippen molar-refractivity contribution >= 4 is 0 Å². The second-order valence-electron chi connectivity index (χ2n) is 4.30. The molecule has 0 bridgehead atoms. The van der Waals surface area contributed by atoms with E-state index in [1.54, 1.807) is 0 Å². The van der Waals surface area contributed by atoms with Gasteiger partial charge in [0.15, 0.2) is 0 Å². The number of nitrogens with one attached hydrogen (secondary N) is 2. The normalized spacial score (nSPS) is 17.5. The lowest BCUT2D eigenvalue weighted by atomic mass is 9.90. The number of allylic oxidation sites excluding steroid dienone is 2. The Morgan fingerprint density at radius 2 is 1.33 bits per heavy atom. The molecular weight excluding hydrogens is 184 g/mol. The molecule has 2 N–H and O–H groups in total. The van der Waals surface area contributed by atoms with Crippen molar-refractivity contribution in [2.75, 3.05) is 26.2 Å². The number of hydrogen-bond acceptors (Lipinski definition) is 2. The maximum atomic E-state index is 3.50. The van der Waals surface area contributed by atoms with E-state index < -0.39 is 0 Å². The van der Waals surface area contributed by atoms with Crippen molar-refractivity contribution in [3.8, 4) is 0 Å². The number of hydrogen-bond donors (Lipinski definition) is 2. The third kappa shape index (κ3) is 4.18. The molecule has 0 spiro atoms. The summed E-state index contributed by atoms with van der Waals surface area (Å²) >= 11 is 0. The van der Waals surface area contributed by atoms with Crippen LogP contribution in [0.4, 0.5) is 0 Å². The molecule has 0 atom stereocenters. The van der Waals surface area contributed by atoms with Gasteiger partial charge in [0.2, 0.25) is 0 Å². The van der Waals surface area contributed by atoms with Gasteiger partial charge in [0.25, 0.3) is 0 Å². The first kappa shape index (κ1) is 12.5. The molecule has 0 saturated heterocycles. The minimum atomic E-state index is 0.213. The van der Waals surface area contributed by atoms with Crippen LogP contribution in [0.2, 0.25) is 0 Å². The van der Waals surface area contributed by atoms with Crippen LogP contribution in [0.25, 0.3) is 0 Å². The summed E-state index contributed by atoms with van der Waals surface area (Å²) in [4.78, 5) is 0. The monoisotopic (exact) mass is 208 g/mol. The van der Waals surface area contributed by atoms with Gasteiger partial charge in [0, 0.05) is 18.5 Å². The fourth-order valence-electron chi connectivity index (χ4n) is 1.84. The topological polar surface area (TPSA) is 24.1 Å². The van der Waals surface area contributed by atoms with E-state index in [9.17, 15) is 0 Å². The van der Waals surface area contributed by atoms with E-state index in [-0.39, 0.29) is 5.41 Å². The van der Waals surface area contributed by atoms with Crippen LogP contribution in [0.5, 0.6) is 0 Å². The van der Waals surface area contributed by atoms with E-state index in [1.165, 1.54) is 12.8 Å². The summed E-state index contributed by atoms with van der Waals surface area (Å²) in [6, 6.07) is 0. The Morgan fingerprint density at radius 1 is 0.867 bits per heavy atom. The molecule has 0 saturated carbocycles. The Morgan fingerprint density at radius 3 is 1.73 bits per heavy atom. The van der Waals surface area contributed by atoms with Crippen molar-refractivity contribution in [1.82, 2.24) is 10.6 Å². The zero-order valence-corrected chi connectivity index (χ0v) is 10.1. The Balaban J connectivity index is 2.34. The lowest BCUT2D eigenvalue weighted by molar-refractivity contribution is 0.417. The summed E-state index contributed by atoms with van der Waals surface area (Å²) in [6.45, 7) is 8.72. The highest BCUT2D eigenvalue weighted by molar-refractivity contribution is 5.26. The van der Waals surface area contributed by atoms with Crippen LogP contribution in [0.3, 0.4) is 0 Å². The summed E-state index contributed by atoms with van der Waals surface area (Å²) in [7, 11) is 0. The Kier molecular flexibility index (Phi) is 5.66. The van der Waals surface area contributed by atoms with Gasteiger partial charge in [-0.3, -0.25) is 0 Å². The third-order valence-electron chi connectivity index (χ3n) is 2.73. The summed E-state index contributed by atoms with van der Waals surface area (Å²) in [5, 5.41) is 7.00. The van der Waals surface area contributed by atoms with Crippen LogP contribution >= 0.6 is 0 Å². The van der Waals surface area contributed by atoms with E-state index in [0.29, 0.717) is 0 Å². The largest absolute Gasteiger partial charge is 0.316 e. The van der Waals surface area contributed by atoms with E-state index in [1.807, 2.05) is 0 Å². The van der Waals surface area contributed by atoms with Crippen LogP contribution in [0.15, 0.2) is 24.3 Å². The molecule has 0 aromatic heterocycles. The van der Waals surface area contributed by atoms with Gasteiger partial charge in [-0.1, -0.05) is 38.2 Å². The van der Waals surface area contributed by atoms with Gasteiger partial charge >= 0.3 is 0 Å². The molecule has 15 heavy (non-hydrogen) atoms. The SMILES string of the molecule is CCCNCC1(CNCCC)C=CC=C1. The molecule has 0 unspecified atom stereocenters. The van der Waals surface area contributed by atoms with Gasteiger partial charge in [0.1, 0.15) is 0 Å². The fourth-order valence-corrected chi connectivity index (χ4v) is 1.84. The highest BCUT2D eigenvalue weighted by atomic mass is 14.9. The van der Waals surface area contributed by atoms with Crippen LogP contribution in [-0.2, 0) is 0 Å². The van der Waals surface area contributed by atoms with Gasteiger partial charge in [-0.15, -0.1) is 0 Å². The van der Waals surface area contributed by atoms with Crippen LogP contribution < -0.4 is 10.6 Å². The highest BCUT2D eigenvalue weighted by Crippen LogP contribution is 2.24. The minimum absolute atomic E-state index is 0.213. The highest BCUT2D eigenvalue weighted by Gasteiger charge is 2.24. The van der Waals surface area contributed by atoms with E-state index in [4.69, 9.17) is 0 Å². The van der Waals surface area contributed by atoms with Crippen molar-refractivity contribution < 1.29 is 0 Å². The Hall–Kier alpha value is -0.600. The summed E-state index contributed by atoms with van der Waals surface area (Å²) in [5.74, 6) is 0. The van der Waals surface area contributed by atoms with Crippen LogP contribution in [-0.4, -0.2) is 26.2 Å². The summed E-state index contributed by atoms with van der Waals surface area (Å²) in [5.41, 5.74) is 0.213. The molecule has 0 fully saturated rings. The minimum Gasteiger partial charge on any atom is -0.316 e. The molecule has 0 amide bonds. The lowest BCUT2D eigenvalue weighted by Gasteiger charge is -2.26. The molecule has 1 aliphatic carbocycles. The van der Waals surface area contributed by atoms with Crippen molar-refractivity contribution in [1.29, 1.82) is 0 Å². The molecule has 2 nitrogen and oxygen atoms in total. The van der Waals surface area contributed by atoms with E-state index in [2.05, 4.69) is 48.8 Å². The van der Waals surface area contributed by atoms with Gasteiger partial charge in [-0.2, -0.15) is 0 Å². The maximum absolute atomic E-state index is 3.50. The predicted molar refractivity (Wildman–Crippen MR) is 67.0 cm³/mol. The molecule has 86 valence electrons. The smallest absolute Gasteiger partial charge is 0.0317 e. The molecule has 0 aromatic rings. The third-order valence-corrected chi connectivity index (χ3v) is 2.73. The first-order valence-corrected chi connectivity index (χ1v) is 6.11. The zero-order valence-electron chi connectivity index (χ0n) is 10.1. The Labute approximate surface area is 93.8 Å². The summed E-state index contributed by atoms with van der Waals surface area (Å²) in [6.07, 6.45) is 11.3. The number of rotatable bonds is 8. The molecule has 0 heterocycles. The van der Waals surface area contributed by atoms with Crippen molar-refractivity contribution in [3.63, 3.8) is 0 Å². The van der Waals surface area contributed by atoms with Gasteiger partial charge in [-0.05, 0) is 25.9 Å². The fraction of sp³-hybridized carbons (Fsp3) is 0.692. The Bertz CT molecular complexity index is 195. The molecule has 2 heteroatoms. The average molecular weight is 208 g/mol. The van der Waals surface area contributed by atoms with Gasteiger partial charge < -0.3 is 10.6 Å². The average Bonchev–Trinajstić information content (AvgIpc) is 2.68. The molecule has 0 aliphatic heterocycles. The van der Waals surface area contributed by atoms with Crippen molar-refractivity contribution in [3.05, 3.63) is 24.3 Å². The molecule has 1 aliphatic rings. The van der Waals surface area contributed by atoms with Gasteiger partial charge in [-0.25, -0.2) is 0 Å². The van der Waals surface area contributed by atoms with Crippen molar-refractivity contribution in [2.24, 2.45) is 5.41 Å². The van der Waals surface area contributed by atoms with E-state index >= 15 is 0 Å². The summed E-state index contributed by atoms with van der Waals surface area (Å²) < 4.78 is 0. The predicted octanol–water partition coefficient (Wildman–Crippen LogP) is 2.10. The molecular formula is C13H24N2. The molecule has 0 radical (unpaired) electrons. The maximum Gasteiger partial charge on any atom is 0.0317 e. The lowest BCUT2D eigenvalue weighted by Crippen LogP contribution is -2.39. The van der Waals surface area contributed by atoms with Gasteiger partial charge in [0.05, 0.1) is 0 Å². The molecule has 1 rings (SSSR count). The van der Waals surface area contributed by atoms with Crippen LogP contribution in [0, 0.1) is 5.41 Å². The second kappa shape index (κ2) is 6.81. The van der Waals surface area contributed by atoms with E-state index in [0.717, 1.165) is 26.2 Å². The van der Waals surface area contributed by atoms with Crippen LogP contribution in [0.1, 0.15) is 26.7 Å². The quantitative estimate of drug-likeness (QED) is 0.597. The second-order valence-corrected chi connectivity index (χ2v) is 4.30. The zero-order chi connectivity index (χ0) is 11.0. The first-order valence-electron chi connectivity index (χ1n) is 6.11. The molecule has 0 aromatic carbocycles. The van der Waals surface area contributed by atoms with Crippen molar-refractivity contribution in [2.45, 2.75) is 26.7 Å². The standard InChI is InChI=1S/C13H24N2/c1-3-9-14-11-13(7-5-6-8-13)12-15-10-4-2/h5-8,14-15H,3-4,9-12H2,1-2H3. The first-order chi connectivity index (χ1) is 7.33.